The van der Waals surface area contributed by atoms with Crippen LogP contribution >= 0.6 is 0 Å². The molecule has 0 bridgehead atoms. The molecule has 0 saturated heterocycles. The topological polar surface area (TPSA) is 57.4 Å². The highest BCUT2D eigenvalue weighted by molar-refractivity contribution is 5.14. The highest BCUT2D eigenvalue weighted by atomic mass is 16.5. The van der Waals surface area contributed by atoms with E-state index in [0.717, 1.165) is 5.69 Å². The van der Waals surface area contributed by atoms with Crippen LogP contribution in [0.1, 0.15) is 19.5 Å². The zero-order chi connectivity index (χ0) is 11.3. The maximum absolute atomic E-state index is 5.79. The lowest BCUT2D eigenvalue weighted by molar-refractivity contribution is 0.0827. The molecule has 0 aromatic carbocycles. The predicted octanol–water partition coefficient (Wildman–Crippen LogP) is 1.34. The SMILES string of the molecule is COc1cccc(COCC(C)(C)N)n1. The second-order valence-electron chi connectivity index (χ2n) is 4.15. The van der Waals surface area contributed by atoms with Gasteiger partial charge in [0.25, 0.3) is 0 Å². The molecule has 1 aromatic rings. The minimum atomic E-state index is -0.307. The largest absolute Gasteiger partial charge is 0.481 e. The van der Waals surface area contributed by atoms with Crippen molar-refractivity contribution >= 4 is 0 Å². The molecule has 0 aliphatic carbocycles. The van der Waals surface area contributed by atoms with Crippen molar-refractivity contribution in [2.45, 2.75) is 26.0 Å². The summed E-state index contributed by atoms with van der Waals surface area (Å²) in [5.74, 6) is 0.600. The minimum Gasteiger partial charge on any atom is -0.481 e. The van der Waals surface area contributed by atoms with Crippen molar-refractivity contribution in [1.82, 2.24) is 4.98 Å². The maximum Gasteiger partial charge on any atom is 0.213 e. The highest BCUT2D eigenvalue weighted by Crippen LogP contribution is 2.08. The van der Waals surface area contributed by atoms with E-state index in [4.69, 9.17) is 15.2 Å². The molecular weight excluding hydrogens is 192 g/mol. The number of hydrogen-bond acceptors (Lipinski definition) is 4. The third-order valence-corrected chi connectivity index (χ3v) is 1.71. The Morgan fingerprint density at radius 3 is 2.73 bits per heavy atom. The number of pyridine rings is 1. The van der Waals surface area contributed by atoms with Gasteiger partial charge in [0.05, 0.1) is 26.0 Å². The number of nitrogens with two attached hydrogens (primary N) is 1. The normalized spacial score (nSPS) is 11.5. The van der Waals surface area contributed by atoms with E-state index < -0.39 is 0 Å². The van der Waals surface area contributed by atoms with Gasteiger partial charge in [0.2, 0.25) is 5.88 Å². The first-order valence-corrected chi connectivity index (χ1v) is 4.88. The fraction of sp³-hybridized carbons (Fsp3) is 0.545. The minimum absolute atomic E-state index is 0.307. The quantitative estimate of drug-likeness (QED) is 0.797. The molecule has 1 rings (SSSR count). The smallest absolute Gasteiger partial charge is 0.213 e. The number of nitrogens with zero attached hydrogens (tertiary/aromatic N) is 1. The van der Waals surface area contributed by atoms with E-state index in [9.17, 15) is 0 Å². The second kappa shape index (κ2) is 5.09. The summed E-state index contributed by atoms with van der Waals surface area (Å²) in [6, 6.07) is 5.58. The van der Waals surface area contributed by atoms with Gasteiger partial charge in [-0.25, -0.2) is 4.98 Å². The first-order valence-electron chi connectivity index (χ1n) is 4.88. The van der Waals surface area contributed by atoms with Crippen LogP contribution in [0.25, 0.3) is 0 Å². The molecule has 1 aromatic heterocycles. The number of methoxy groups -OCH3 is 1. The lowest BCUT2D eigenvalue weighted by Crippen LogP contribution is -2.37. The number of hydrogen-bond donors (Lipinski definition) is 1. The summed E-state index contributed by atoms with van der Waals surface area (Å²) >= 11 is 0. The van der Waals surface area contributed by atoms with Gasteiger partial charge in [0, 0.05) is 11.6 Å². The van der Waals surface area contributed by atoms with Crippen molar-refractivity contribution in [3.8, 4) is 5.88 Å². The van der Waals surface area contributed by atoms with E-state index in [1.165, 1.54) is 0 Å². The van der Waals surface area contributed by atoms with E-state index in [-0.39, 0.29) is 5.54 Å². The predicted molar refractivity (Wildman–Crippen MR) is 58.7 cm³/mol. The van der Waals surface area contributed by atoms with Crippen LogP contribution in [0.15, 0.2) is 18.2 Å². The van der Waals surface area contributed by atoms with Crippen LogP contribution in [-0.4, -0.2) is 24.2 Å². The van der Waals surface area contributed by atoms with Crippen LogP contribution in [0.3, 0.4) is 0 Å². The van der Waals surface area contributed by atoms with Gasteiger partial charge in [-0.05, 0) is 19.9 Å². The first-order chi connectivity index (χ1) is 7.01. The maximum atomic E-state index is 5.79. The molecule has 4 nitrogen and oxygen atoms in total. The molecular formula is C11H18N2O2. The van der Waals surface area contributed by atoms with Crippen molar-refractivity contribution in [2.75, 3.05) is 13.7 Å². The molecule has 84 valence electrons. The Hall–Kier alpha value is -1.13. The Balaban J connectivity index is 2.44. The van der Waals surface area contributed by atoms with Crippen molar-refractivity contribution in [3.05, 3.63) is 23.9 Å². The van der Waals surface area contributed by atoms with Gasteiger partial charge >= 0.3 is 0 Å². The lowest BCUT2D eigenvalue weighted by atomic mass is 10.1. The monoisotopic (exact) mass is 210 g/mol. The Morgan fingerprint density at radius 2 is 2.13 bits per heavy atom. The Morgan fingerprint density at radius 1 is 1.40 bits per heavy atom. The average Bonchev–Trinajstić information content (AvgIpc) is 2.16. The number of ether oxygens (including phenoxy) is 2. The molecule has 0 radical (unpaired) electrons. The third-order valence-electron chi connectivity index (χ3n) is 1.71. The van der Waals surface area contributed by atoms with E-state index in [0.29, 0.717) is 19.1 Å². The standard InChI is InChI=1S/C11H18N2O2/c1-11(2,12)8-15-7-9-5-4-6-10(13-9)14-3/h4-6H,7-8,12H2,1-3H3. The van der Waals surface area contributed by atoms with E-state index in [2.05, 4.69) is 4.98 Å². The molecule has 0 aliphatic heterocycles. The van der Waals surface area contributed by atoms with Crippen molar-refractivity contribution in [1.29, 1.82) is 0 Å². The number of rotatable bonds is 5. The Labute approximate surface area is 90.4 Å². The molecule has 0 saturated carbocycles. The molecule has 15 heavy (non-hydrogen) atoms. The van der Waals surface area contributed by atoms with Crippen LogP contribution < -0.4 is 10.5 Å². The first kappa shape index (κ1) is 11.9. The molecule has 4 heteroatoms. The average molecular weight is 210 g/mol. The van der Waals surface area contributed by atoms with Gasteiger partial charge in [-0.2, -0.15) is 0 Å². The van der Waals surface area contributed by atoms with Crippen molar-refractivity contribution in [3.63, 3.8) is 0 Å². The third kappa shape index (κ3) is 4.76. The van der Waals surface area contributed by atoms with Gasteiger partial charge in [-0.1, -0.05) is 6.07 Å². The molecule has 0 atom stereocenters. The van der Waals surface area contributed by atoms with Gasteiger partial charge in [-0.15, -0.1) is 0 Å². The second-order valence-corrected chi connectivity index (χ2v) is 4.15. The summed E-state index contributed by atoms with van der Waals surface area (Å²) < 4.78 is 10.5. The van der Waals surface area contributed by atoms with Gasteiger partial charge < -0.3 is 15.2 Å². The van der Waals surface area contributed by atoms with Crippen LogP contribution in [0.4, 0.5) is 0 Å². The molecule has 0 unspecified atom stereocenters. The van der Waals surface area contributed by atoms with E-state index in [1.807, 2.05) is 26.0 Å². The molecule has 0 spiro atoms. The van der Waals surface area contributed by atoms with Gasteiger partial charge in [-0.3, -0.25) is 0 Å². The molecule has 1 heterocycles. The van der Waals surface area contributed by atoms with Crippen LogP contribution in [0.2, 0.25) is 0 Å². The van der Waals surface area contributed by atoms with Crippen molar-refractivity contribution in [2.24, 2.45) is 5.73 Å². The number of aromatic nitrogens is 1. The Kier molecular flexibility index (Phi) is 4.05. The fourth-order valence-corrected chi connectivity index (χ4v) is 1.07. The van der Waals surface area contributed by atoms with Crippen LogP contribution in [0, 0.1) is 0 Å². The molecule has 0 aliphatic rings. The Bertz CT molecular complexity index is 308. The summed E-state index contributed by atoms with van der Waals surface area (Å²) in [4.78, 5) is 4.22. The lowest BCUT2D eigenvalue weighted by Gasteiger charge is -2.17. The zero-order valence-electron chi connectivity index (χ0n) is 9.49. The van der Waals surface area contributed by atoms with E-state index >= 15 is 0 Å². The summed E-state index contributed by atoms with van der Waals surface area (Å²) in [5, 5.41) is 0. The van der Waals surface area contributed by atoms with Crippen molar-refractivity contribution < 1.29 is 9.47 Å². The zero-order valence-corrected chi connectivity index (χ0v) is 9.49. The molecule has 2 N–H and O–H groups in total. The summed E-state index contributed by atoms with van der Waals surface area (Å²) in [5.41, 5.74) is 6.32. The molecule has 0 fully saturated rings. The van der Waals surface area contributed by atoms with Crippen LogP contribution in [0.5, 0.6) is 5.88 Å². The van der Waals surface area contributed by atoms with Crippen LogP contribution in [-0.2, 0) is 11.3 Å². The summed E-state index contributed by atoms with van der Waals surface area (Å²) in [7, 11) is 1.59. The fourth-order valence-electron chi connectivity index (χ4n) is 1.07. The summed E-state index contributed by atoms with van der Waals surface area (Å²) in [6.07, 6.45) is 0. The van der Waals surface area contributed by atoms with Gasteiger partial charge in [0.1, 0.15) is 0 Å². The summed E-state index contributed by atoms with van der Waals surface area (Å²) in [6.45, 7) is 4.81. The highest BCUT2D eigenvalue weighted by Gasteiger charge is 2.10. The van der Waals surface area contributed by atoms with E-state index in [1.54, 1.807) is 13.2 Å². The van der Waals surface area contributed by atoms with Gasteiger partial charge in [0.15, 0.2) is 0 Å². The molecule has 0 amide bonds.